The van der Waals surface area contributed by atoms with Crippen LogP contribution in [0.4, 0.5) is 0 Å². The van der Waals surface area contributed by atoms with E-state index in [0.717, 1.165) is 6.07 Å². The number of para-hydroxylation sites is 1. The number of hydrazine groups is 1. The number of hydrazone groups is 1. The summed E-state index contributed by atoms with van der Waals surface area (Å²) in [6.45, 7) is -0.350. The highest BCUT2D eigenvalue weighted by Crippen LogP contribution is 2.36. The summed E-state index contributed by atoms with van der Waals surface area (Å²) >= 11 is 0. The lowest BCUT2D eigenvalue weighted by atomic mass is 9.97. The van der Waals surface area contributed by atoms with Gasteiger partial charge in [-0.1, -0.05) is 18.2 Å². The molecule has 0 spiro atoms. The van der Waals surface area contributed by atoms with E-state index in [4.69, 9.17) is 22.4 Å². The van der Waals surface area contributed by atoms with E-state index in [1.807, 2.05) is 5.53 Å². The first-order chi connectivity index (χ1) is 15.0. The number of hydrogen-bond donors (Lipinski definition) is 7. The van der Waals surface area contributed by atoms with Gasteiger partial charge in [-0.3, -0.25) is 0 Å². The van der Waals surface area contributed by atoms with Crippen molar-refractivity contribution in [2.75, 3.05) is 12.3 Å². The number of primary sulfonamides is 1. The second-order valence-electron chi connectivity index (χ2n) is 6.76. The summed E-state index contributed by atoms with van der Waals surface area (Å²) < 4.78 is 51.1. The summed E-state index contributed by atoms with van der Waals surface area (Å²) in [5.41, 5.74) is 14.7. The fourth-order valence-corrected chi connectivity index (χ4v) is 6.35. The number of sulfonamides is 1. The van der Waals surface area contributed by atoms with Gasteiger partial charge in [0.05, 0.1) is 34.1 Å². The molecule has 0 radical (unpaired) electrons. The SMILES string of the molecule is NCC(O)CS(=O)(=O)c1ccc(-c2cccc3[nH]cnc23)c(/C(N)=N/NN)c1S(N)(=O)=O. The van der Waals surface area contributed by atoms with Crippen molar-refractivity contribution in [3.05, 3.63) is 42.2 Å². The van der Waals surface area contributed by atoms with Crippen LogP contribution in [0.1, 0.15) is 5.56 Å². The molecule has 0 amide bonds. The zero-order valence-electron chi connectivity index (χ0n) is 16.6. The van der Waals surface area contributed by atoms with Crippen molar-refractivity contribution in [2.45, 2.75) is 15.9 Å². The van der Waals surface area contributed by atoms with E-state index in [0.29, 0.717) is 16.6 Å². The van der Waals surface area contributed by atoms with E-state index in [-0.39, 0.29) is 17.7 Å². The standard InChI is InChI=1S/C17H22N8O5S2/c18-6-9(26)7-31(27,28)13-5-4-10(11-2-1-3-12-15(11)23-8-22-12)14(17(19)24-25-20)16(13)32(21,29)30/h1-5,8-9,25-26H,6-7,18,20H2,(H2,19,24)(H,22,23)(H2,21,29,30). The van der Waals surface area contributed by atoms with Gasteiger partial charge in [0.2, 0.25) is 10.0 Å². The van der Waals surface area contributed by atoms with Gasteiger partial charge in [0, 0.05) is 17.7 Å². The molecule has 1 unspecified atom stereocenters. The van der Waals surface area contributed by atoms with Crippen LogP contribution in [0.15, 0.2) is 51.6 Å². The molecule has 13 nitrogen and oxygen atoms in total. The molecule has 1 heterocycles. The fraction of sp³-hybridized carbons (Fsp3) is 0.176. The minimum atomic E-state index is -4.67. The molecule has 0 bridgehead atoms. The summed E-state index contributed by atoms with van der Waals surface area (Å²) in [5, 5.41) is 18.8. The number of nitrogens with one attached hydrogen (secondary N) is 2. The Balaban J connectivity index is 2.47. The largest absolute Gasteiger partial charge is 0.391 e. The van der Waals surface area contributed by atoms with Gasteiger partial charge in [-0.25, -0.2) is 38.3 Å². The van der Waals surface area contributed by atoms with Crippen LogP contribution in [-0.2, 0) is 19.9 Å². The quantitative estimate of drug-likeness (QED) is 0.0809. The van der Waals surface area contributed by atoms with Crippen LogP contribution < -0.4 is 28.0 Å². The van der Waals surface area contributed by atoms with E-state index >= 15 is 0 Å². The molecule has 0 saturated heterocycles. The van der Waals surface area contributed by atoms with Gasteiger partial charge in [0.1, 0.15) is 4.90 Å². The van der Waals surface area contributed by atoms with Crippen molar-refractivity contribution in [1.29, 1.82) is 0 Å². The molecule has 3 rings (SSSR count). The smallest absolute Gasteiger partial charge is 0.240 e. The number of benzene rings is 2. The normalized spacial score (nSPS) is 13.9. The molecule has 2 aromatic carbocycles. The molecule has 172 valence electrons. The number of hydrogen-bond acceptors (Lipinski definition) is 10. The number of sulfone groups is 1. The van der Waals surface area contributed by atoms with Crippen LogP contribution in [0.2, 0.25) is 0 Å². The topological polar surface area (TPSA) is 246 Å². The fourth-order valence-electron chi connectivity index (χ4n) is 3.29. The molecule has 1 aromatic heterocycles. The summed E-state index contributed by atoms with van der Waals surface area (Å²) in [5.74, 6) is 3.95. The second-order valence-corrected chi connectivity index (χ2v) is 10.3. The number of nitrogens with zero attached hydrogens (tertiary/aromatic N) is 2. The predicted molar refractivity (Wildman–Crippen MR) is 118 cm³/mol. The lowest BCUT2D eigenvalue weighted by molar-refractivity contribution is 0.205. The average molecular weight is 483 g/mol. The van der Waals surface area contributed by atoms with Crippen LogP contribution in [0.25, 0.3) is 22.2 Å². The molecule has 3 aromatic rings. The molecule has 32 heavy (non-hydrogen) atoms. The summed E-state index contributed by atoms with van der Waals surface area (Å²) in [6.07, 6.45) is 0.0198. The first-order valence-electron chi connectivity index (χ1n) is 9.03. The van der Waals surface area contributed by atoms with Crippen molar-refractivity contribution in [1.82, 2.24) is 15.5 Å². The Morgan fingerprint density at radius 1 is 1.19 bits per heavy atom. The zero-order chi connectivity index (χ0) is 23.7. The molecule has 0 aliphatic rings. The zero-order valence-corrected chi connectivity index (χ0v) is 18.2. The van der Waals surface area contributed by atoms with Gasteiger partial charge in [-0.15, -0.1) is 5.10 Å². The minimum absolute atomic E-state index is 0.196. The van der Waals surface area contributed by atoms with Crippen LogP contribution in [-0.4, -0.2) is 56.1 Å². The molecule has 0 aliphatic carbocycles. The van der Waals surface area contributed by atoms with Gasteiger partial charge in [-0.05, 0) is 17.7 Å². The maximum absolute atomic E-state index is 12.9. The molecule has 0 saturated carbocycles. The molecule has 0 aliphatic heterocycles. The number of aromatic nitrogens is 2. The van der Waals surface area contributed by atoms with Gasteiger partial charge in [0.25, 0.3) is 0 Å². The molecule has 15 heteroatoms. The van der Waals surface area contributed by atoms with Gasteiger partial charge in [-0.2, -0.15) is 0 Å². The molecule has 1 atom stereocenters. The summed E-state index contributed by atoms with van der Waals surface area (Å²) in [7, 11) is -9.03. The first-order valence-corrected chi connectivity index (χ1v) is 12.2. The third-order valence-electron chi connectivity index (χ3n) is 4.61. The van der Waals surface area contributed by atoms with Gasteiger partial charge < -0.3 is 21.6 Å². The first kappa shape index (κ1) is 23.6. The number of imidazole rings is 1. The number of aromatic amines is 1. The summed E-state index contributed by atoms with van der Waals surface area (Å²) in [6, 6.07) is 7.51. The number of H-pyrrole nitrogens is 1. The van der Waals surface area contributed by atoms with E-state index in [1.54, 1.807) is 18.2 Å². The van der Waals surface area contributed by atoms with Crippen LogP contribution in [0.3, 0.4) is 0 Å². The Labute approximate surface area is 183 Å². The highest BCUT2D eigenvalue weighted by atomic mass is 32.2. The summed E-state index contributed by atoms with van der Waals surface area (Å²) in [4.78, 5) is 5.72. The third-order valence-corrected chi connectivity index (χ3v) is 7.56. The Kier molecular flexibility index (Phi) is 6.49. The molecule has 0 fully saturated rings. The van der Waals surface area contributed by atoms with Crippen molar-refractivity contribution in [3.8, 4) is 11.1 Å². The van der Waals surface area contributed by atoms with Gasteiger partial charge in [0.15, 0.2) is 15.7 Å². The molecular formula is C17H22N8O5S2. The van der Waals surface area contributed by atoms with Crippen molar-refractivity contribution < 1.29 is 21.9 Å². The van der Waals surface area contributed by atoms with Crippen LogP contribution in [0.5, 0.6) is 0 Å². The Bertz CT molecular complexity index is 1400. The van der Waals surface area contributed by atoms with E-state index in [9.17, 15) is 21.9 Å². The van der Waals surface area contributed by atoms with Gasteiger partial charge >= 0.3 is 0 Å². The van der Waals surface area contributed by atoms with Crippen LogP contribution in [0, 0.1) is 0 Å². The monoisotopic (exact) mass is 482 g/mol. The highest BCUT2D eigenvalue weighted by Gasteiger charge is 2.32. The Hall–Kier alpha value is -3.08. The number of amidine groups is 1. The second kappa shape index (κ2) is 8.81. The van der Waals surface area contributed by atoms with E-state index in [1.165, 1.54) is 12.4 Å². The highest BCUT2D eigenvalue weighted by molar-refractivity contribution is 7.93. The molecular weight excluding hydrogens is 460 g/mol. The molecule has 11 N–H and O–H groups in total. The van der Waals surface area contributed by atoms with E-state index in [2.05, 4.69) is 15.1 Å². The maximum atomic E-state index is 12.9. The third kappa shape index (κ3) is 4.43. The minimum Gasteiger partial charge on any atom is -0.391 e. The Morgan fingerprint density at radius 3 is 2.53 bits per heavy atom. The number of fused-ring (bicyclic) bond motifs is 1. The number of aliphatic hydroxyl groups excluding tert-OH is 1. The van der Waals surface area contributed by atoms with Crippen LogP contribution >= 0.6 is 0 Å². The van der Waals surface area contributed by atoms with Crippen molar-refractivity contribution in [3.63, 3.8) is 0 Å². The van der Waals surface area contributed by atoms with Crippen molar-refractivity contribution in [2.24, 2.45) is 27.6 Å². The van der Waals surface area contributed by atoms with Crippen molar-refractivity contribution >= 4 is 36.7 Å². The number of nitrogens with two attached hydrogens (primary N) is 4. The van der Waals surface area contributed by atoms with E-state index < -0.39 is 47.3 Å². The number of rotatable bonds is 8. The lowest BCUT2D eigenvalue weighted by Gasteiger charge is -2.18. The number of aliphatic hydroxyl groups is 1. The lowest BCUT2D eigenvalue weighted by Crippen LogP contribution is -2.31. The predicted octanol–water partition coefficient (Wildman–Crippen LogP) is -1.95. The maximum Gasteiger partial charge on any atom is 0.240 e. The Morgan fingerprint density at radius 2 is 1.91 bits per heavy atom. The average Bonchev–Trinajstić information content (AvgIpc) is 3.20.